The lowest BCUT2D eigenvalue weighted by atomic mass is 10.1. The van der Waals surface area contributed by atoms with Crippen LogP contribution < -0.4 is 0 Å². The molecule has 132 valence electrons. The first kappa shape index (κ1) is 16.7. The lowest BCUT2D eigenvalue weighted by Crippen LogP contribution is -1.97. The van der Waals surface area contributed by atoms with Crippen molar-refractivity contribution in [3.8, 4) is 5.69 Å². The van der Waals surface area contributed by atoms with Crippen molar-refractivity contribution in [2.75, 3.05) is 0 Å². The second kappa shape index (κ2) is 7.25. The maximum absolute atomic E-state index is 5.29. The van der Waals surface area contributed by atoms with Gasteiger partial charge in [-0.2, -0.15) is 10.1 Å². The zero-order valence-corrected chi connectivity index (χ0v) is 15.3. The summed E-state index contributed by atoms with van der Waals surface area (Å²) in [7, 11) is 0. The summed E-state index contributed by atoms with van der Waals surface area (Å²) in [6, 6.07) is 9.92. The van der Waals surface area contributed by atoms with E-state index in [1.165, 1.54) is 0 Å². The monoisotopic (exact) mass is 366 g/mol. The summed E-state index contributed by atoms with van der Waals surface area (Å²) < 4.78 is 7.11. The Labute approximate surface area is 154 Å². The number of hydrogen-bond acceptors (Lipinski definition) is 7. The van der Waals surface area contributed by atoms with E-state index in [1.807, 2.05) is 35.0 Å². The fourth-order valence-electron chi connectivity index (χ4n) is 2.61. The van der Waals surface area contributed by atoms with Crippen LogP contribution in [0.3, 0.4) is 0 Å². The lowest BCUT2D eigenvalue weighted by molar-refractivity contribution is 0.360. The van der Waals surface area contributed by atoms with Crippen LogP contribution in [-0.4, -0.2) is 29.9 Å². The van der Waals surface area contributed by atoms with Crippen molar-refractivity contribution < 1.29 is 4.52 Å². The number of benzene rings is 1. The molecule has 3 aromatic heterocycles. The second-order valence-corrected chi connectivity index (χ2v) is 7.26. The average molecular weight is 366 g/mol. The Hall–Kier alpha value is -2.74. The Balaban J connectivity index is 1.56. The van der Waals surface area contributed by atoms with Gasteiger partial charge in [-0.3, -0.25) is 0 Å². The molecule has 0 saturated heterocycles. The van der Waals surface area contributed by atoms with E-state index in [1.54, 1.807) is 24.3 Å². The Bertz CT molecular complexity index is 1010. The van der Waals surface area contributed by atoms with Crippen LogP contribution in [0.15, 0.2) is 52.4 Å². The van der Waals surface area contributed by atoms with Crippen LogP contribution in [0.4, 0.5) is 0 Å². The molecule has 8 heteroatoms. The molecule has 0 atom stereocenters. The zero-order chi connectivity index (χ0) is 17.9. The van der Waals surface area contributed by atoms with Gasteiger partial charge in [0.05, 0.1) is 23.0 Å². The van der Waals surface area contributed by atoms with Gasteiger partial charge < -0.3 is 4.52 Å². The first-order valence-electron chi connectivity index (χ1n) is 8.39. The van der Waals surface area contributed by atoms with Crippen molar-refractivity contribution >= 4 is 22.8 Å². The quantitative estimate of drug-likeness (QED) is 0.380. The highest BCUT2D eigenvalue weighted by Crippen LogP contribution is 2.27. The molecule has 0 aliphatic rings. The predicted molar refractivity (Wildman–Crippen MR) is 99.1 cm³/mol. The van der Waals surface area contributed by atoms with E-state index in [0.29, 0.717) is 23.4 Å². The molecule has 3 heterocycles. The molecule has 4 rings (SSSR count). The normalized spacial score (nSPS) is 11.5. The molecular formula is C18H18N6OS. The number of nitrogens with zero attached hydrogens (tertiary/aromatic N) is 6. The fourth-order valence-corrected chi connectivity index (χ4v) is 3.41. The lowest BCUT2D eigenvalue weighted by Gasteiger charge is -2.03. The standard InChI is InChI=1S/C18H18N6OS/c1-12(2)8-16-22-15(23-25-16)10-26-18-14-9-21-24(17(14)19-11-20-18)13-6-4-3-5-7-13/h3-7,9,11-12H,8,10H2,1-2H3. The van der Waals surface area contributed by atoms with Crippen molar-refractivity contribution in [1.29, 1.82) is 0 Å². The number of aromatic nitrogens is 6. The van der Waals surface area contributed by atoms with E-state index >= 15 is 0 Å². The molecule has 0 bridgehead atoms. The minimum absolute atomic E-state index is 0.487. The number of rotatable bonds is 6. The third-order valence-corrected chi connectivity index (χ3v) is 4.76. The van der Waals surface area contributed by atoms with Gasteiger partial charge in [0.25, 0.3) is 0 Å². The maximum Gasteiger partial charge on any atom is 0.226 e. The Kier molecular flexibility index (Phi) is 4.66. The Morgan fingerprint density at radius 2 is 2.00 bits per heavy atom. The summed E-state index contributed by atoms with van der Waals surface area (Å²) >= 11 is 1.55. The van der Waals surface area contributed by atoms with Gasteiger partial charge in [-0.05, 0) is 18.1 Å². The minimum Gasteiger partial charge on any atom is -0.339 e. The summed E-state index contributed by atoms with van der Waals surface area (Å²) in [4.78, 5) is 13.2. The zero-order valence-electron chi connectivity index (χ0n) is 14.5. The van der Waals surface area contributed by atoms with E-state index in [0.717, 1.165) is 28.2 Å². The van der Waals surface area contributed by atoms with Gasteiger partial charge >= 0.3 is 0 Å². The SMILES string of the molecule is CC(C)Cc1nc(CSc2ncnc3c2cnn3-c2ccccc2)no1. The number of hydrogen-bond donors (Lipinski definition) is 0. The second-order valence-electron chi connectivity index (χ2n) is 6.30. The van der Waals surface area contributed by atoms with Gasteiger partial charge in [0, 0.05) is 6.42 Å². The molecule has 0 aliphatic heterocycles. The Morgan fingerprint density at radius 1 is 1.15 bits per heavy atom. The third-order valence-electron chi connectivity index (χ3n) is 3.76. The van der Waals surface area contributed by atoms with Crippen LogP contribution in [-0.2, 0) is 12.2 Å². The molecule has 0 saturated carbocycles. The maximum atomic E-state index is 5.29. The molecule has 26 heavy (non-hydrogen) atoms. The predicted octanol–water partition coefficient (Wildman–Crippen LogP) is 3.69. The van der Waals surface area contributed by atoms with Crippen LogP contribution in [0.5, 0.6) is 0 Å². The molecule has 0 fully saturated rings. The highest BCUT2D eigenvalue weighted by Gasteiger charge is 2.13. The van der Waals surface area contributed by atoms with Gasteiger partial charge in [-0.25, -0.2) is 14.6 Å². The smallest absolute Gasteiger partial charge is 0.226 e. The molecule has 0 radical (unpaired) electrons. The van der Waals surface area contributed by atoms with Crippen molar-refractivity contribution in [3.05, 3.63) is 54.6 Å². The number of para-hydroxylation sites is 1. The van der Waals surface area contributed by atoms with E-state index in [-0.39, 0.29) is 0 Å². The summed E-state index contributed by atoms with van der Waals surface area (Å²) in [6.45, 7) is 4.25. The largest absolute Gasteiger partial charge is 0.339 e. The molecule has 0 spiro atoms. The van der Waals surface area contributed by atoms with Crippen molar-refractivity contribution in [2.45, 2.75) is 31.0 Å². The van der Waals surface area contributed by atoms with E-state index < -0.39 is 0 Å². The first-order chi connectivity index (χ1) is 12.7. The molecule has 0 unspecified atom stereocenters. The van der Waals surface area contributed by atoms with Crippen molar-refractivity contribution in [1.82, 2.24) is 29.9 Å². The van der Waals surface area contributed by atoms with Crippen molar-refractivity contribution in [2.24, 2.45) is 5.92 Å². The van der Waals surface area contributed by atoms with E-state index in [4.69, 9.17) is 4.52 Å². The summed E-state index contributed by atoms with van der Waals surface area (Å²) in [6.07, 6.45) is 4.15. The highest BCUT2D eigenvalue weighted by molar-refractivity contribution is 7.98. The highest BCUT2D eigenvalue weighted by atomic mass is 32.2. The molecule has 4 aromatic rings. The first-order valence-corrected chi connectivity index (χ1v) is 9.37. The van der Waals surface area contributed by atoms with Gasteiger partial charge in [0.1, 0.15) is 11.4 Å². The van der Waals surface area contributed by atoms with Crippen LogP contribution in [0.2, 0.25) is 0 Å². The number of thioether (sulfide) groups is 1. The minimum atomic E-state index is 0.487. The average Bonchev–Trinajstić information content (AvgIpc) is 3.27. The molecular weight excluding hydrogens is 348 g/mol. The van der Waals surface area contributed by atoms with Crippen LogP contribution in [0.25, 0.3) is 16.7 Å². The Morgan fingerprint density at radius 3 is 2.81 bits per heavy atom. The van der Waals surface area contributed by atoms with Gasteiger partial charge in [-0.15, -0.1) is 0 Å². The third kappa shape index (κ3) is 3.45. The topological polar surface area (TPSA) is 82.5 Å². The van der Waals surface area contributed by atoms with E-state index in [2.05, 4.69) is 39.1 Å². The van der Waals surface area contributed by atoms with Gasteiger partial charge in [0.15, 0.2) is 11.5 Å². The van der Waals surface area contributed by atoms with Crippen molar-refractivity contribution in [3.63, 3.8) is 0 Å². The number of fused-ring (bicyclic) bond motifs is 1. The molecule has 1 aromatic carbocycles. The molecule has 0 aliphatic carbocycles. The van der Waals surface area contributed by atoms with Crippen LogP contribution in [0.1, 0.15) is 25.6 Å². The summed E-state index contributed by atoms with van der Waals surface area (Å²) in [5.41, 5.74) is 1.75. The van der Waals surface area contributed by atoms with E-state index in [9.17, 15) is 0 Å². The molecule has 0 N–H and O–H groups in total. The van der Waals surface area contributed by atoms with Crippen LogP contribution in [0, 0.1) is 5.92 Å². The van der Waals surface area contributed by atoms with Crippen LogP contribution >= 0.6 is 11.8 Å². The summed E-state index contributed by atoms with van der Waals surface area (Å²) in [5, 5.41) is 10.3. The molecule has 0 amide bonds. The summed E-state index contributed by atoms with van der Waals surface area (Å²) in [5.74, 6) is 2.43. The molecule has 7 nitrogen and oxygen atoms in total. The fraction of sp³-hybridized carbons (Fsp3) is 0.278. The van der Waals surface area contributed by atoms with Gasteiger partial charge in [0.2, 0.25) is 5.89 Å². The van der Waals surface area contributed by atoms with Gasteiger partial charge in [-0.1, -0.05) is 49.0 Å².